The van der Waals surface area contributed by atoms with Crippen LogP contribution in [-0.4, -0.2) is 23.6 Å². The summed E-state index contributed by atoms with van der Waals surface area (Å²) in [6.07, 6.45) is 4.46. The predicted molar refractivity (Wildman–Crippen MR) is 116 cm³/mol. The zero-order chi connectivity index (χ0) is 20.0. The van der Waals surface area contributed by atoms with Gasteiger partial charge in [0, 0.05) is 11.7 Å². The van der Waals surface area contributed by atoms with Crippen LogP contribution in [0.2, 0.25) is 0 Å². The van der Waals surface area contributed by atoms with Gasteiger partial charge in [0.25, 0.3) is 0 Å². The van der Waals surface area contributed by atoms with Gasteiger partial charge in [-0.3, -0.25) is 0 Å². The molecule has 28 heavy (non-hydrogen) atoms. The number of anilines is 1. The SMILES string of the molecule is [2H]C1N2C=CC(c3ccccc3)(c3ccccc3)C2[C@H](C)N1c1ccccc1C. The minimum atomic E-state index is -0.443. The largest absolute Gasteiger partial charge is 0.354 e. The van der Waals surface area contributed by atoms with E-state index < -0.39 is 6.64 Å². The molecule has 0 spiro atoms. The van der Waals surface area contributed by atoms with E-state index >= 15 is 0 Å². The third kappa shape index (κ3) is 2.41. The fraction of sp³-hybridized carbons (Fsp3) is 0.231. The number of benzene rings is 3. The molecule has 0 saturated carbocycles. The summed E-state index contributed by atoms with van der Waals surface area (Å²) in [6, 6.07) is 30.3. The smallest absolute Gasteiger partial charge is 0.0905 e. The van der Waals surface area contributed by atoms with Crippen molar-refractivity contribution in [1.82, 2.24) is 4.90 Å². The van der Waals surface area contributed by atoms with Crippen molar-refractivity contribution in [1.29, 1.82) is 0 Å². The second kappa shape index (κ2) is 6.56. The van der Waals surface area contributed by atoms with Gasteiger partial charge in [-0.25, -0.2) is 0 Å². The molecule has 3 atom stereocenters. The Morgan fingerprint density at radius 3 is 2.04 bits per heavy atom. The highest BCUT2D eigenvalue weighted by Gasteiger charge is 2.53. The van der Waals surface area contributed by atoms with Gasteiger partial charge < -0.3 is 9.80 Å². The molecule has 2 aliphatic rings. The summed E-state index contributed by atoms with van der Waals surface area (Å²) in [7, 11) is 0. The first-order valence-electron chi connectivity index (χ1n) is 10.6. The molecule has 0 N–H and O–H groups in total. The quantitative estimate of drug-likeness (QED) is 0.616. The van der Waals surface area contributed by atoms with E-state index in [4.69, 9.17) is 1.37 Å². The maximum absolute atomic E-state index is 9.08. The van der Waals surface area contributed by atoms with Crippen LogP contribution in [0.1, 0.15) is 25.0 Å². The maximum Gasteiger partial charge on any atom is 0.0905 e. The maximum atomic E-state index is 9.08. The fourth-order valence-corrected chi connectivity index (χ4v) is 5.03. The van der Waals surface area contributed by atoms with Crippen molar-refractivity contribution in [3.05, 3.63) is 114 Å². The Bertz CT molecular complexity index is 991. The average molecular weight is 368 g/mol. The number of para-hydroxylation sites is 1. The first-order chi connectivity index (χ1) is 14.1. The molecule has 3 aromatic rings. The van der Waals surface area contributed by atoms with E-state index in [9.17, 15) is 0 Å². The van der Waals surface area contributed by atoms with Crippen LogP contribution in [0.25, 0.3) is 0 Å². The molecule has 0 amide bonds. The lowest BCUT2D eigenvalue weighted by Gasteiger charge is -2.39. The van der Waals surface area contributed by atoms with Crippen molar-refractivity contribution in [2.75, 3.05) is 11.5 Å². The molecule has 2 heterocycles. The van der Waals surface area contributed by atoms with Crippen LogP contribution in [0, 0.1) is 6.92 Å². The predicted octanol–water partition coefficient (Wildman–Crippen LogP) is 5.35. The second-order valence-electron chi connectivity index (χ2n) is 7.86. The minimum Gasteiger partial charge on any atom is -0.354 e. The highest BCUT2D eigenvalue weighted by molar-refractivity contribution is 5.58. The summed E-state index contributed by atoms with van der Waals surface area (Å²) in [5.41, 5.74) is 4.64. The van der Waals surface area contributed by atoms with E-state index in [1.54, 1.807) is 0 Å². The summed E-state index contributed by atoms with van der Waals surface area (Å²) in [4.78, 5) is 4.50. The Hall–Kier alpha value is -3.00. The molecule has 3 aromatic carbocycles. The van der Waals surface area contributed by atoms with E-state index in [1.165, 1.54) is 16.7 Å². The van der Waals surface area contributed by atoms with E-state index in [1.807, 2.05) is 0 Å². The molecular formula is C26H26N2. The van der Waals surface area contributed by atoms with Gasteiger partial charge in [0.1, 0.15) is 0 Å². The van der Waals surface area contributed by atoms with Crippen LogP contribution < -0.4 is 4.90 Å². The molecule has 1 saturated heterocycles. The first-order valence-corrected chi connectivity index (χ1v) is 9.98. The van der Waals surface area contributed by atoms with E-state index in [2.05, 4.69) is 121 Å². The molecule has 5 rings (SSSR count). The van der Waals surface area contributed by atoms with Gasteiger partial charge in [0.2, 0.25) is 0 Å². The Labute approximate surface area is 169 Å². The van der Waals surface area contributed by atoms with Crippen molar-refractivity contribution < 1.29 is 1.37 Å². The third-order valence-corrected chi connectivity index (χ3v) is 6.35. The lowest BCUT2D eigenvalue weighted by atomic mass is 9.68. The molecule has 2 aliphatic heterocycles. The fourth-order valence-electron chi connectivity index (χ4n) is 5.03. The Balaban J connectivity index is 1.68. The molecular weight excluding hydrogens is 340 g/mol. The lowest BCUT2D eigenvalue weighted by molar-refractivity contribution is 0.300. The summed E-state index contributed by atoms with van der Waals surface area (Å²) in [6.45, 7) is 3.96. The molecule has 0 bridgehead atoms. The van der Waals surface area contributed by atoms with Crippen molar-refractivity contribution >= 4 is 5.69 Å². The van der Waals surface area contributed by atoms with Crippen LogP contribution in [0.5, 0.6) is 0 Å². The molecule has 0 radical (unpaired) electrons. The number of fused-ring (bicyclic) bond motifs is 1. The van der Waals surface area contributed by atoms with Gasteiger partial charge in [0.05, 0.1) is 19.5 Å². The topological polar surface area (TPSA) is 6.48 Å². The summed E-state index contributed by atoms with van der Waals surface area (Å²) >= 11 is 0. The van der Waals surface area contributed by atoms with Crippen LogP contribution in [-0.2, 0) is 5.41 Å². The lowest BCUT2D eigenvalue weighted by Crippen LogP contribution is -2.47. The summed E-state index contributed by atoms with van der Waals surface area (Å²) < 4.78 is 9.08. The average Bonchev–Trinajstić information content (AvgIpc) is 3.28. The molecule has 140 valence electrons. The van der Waals surface area contributed by atoms with Crippen molar-refractivity contribution in [3.8, 4) is 0 Å². The number of rotatable bonds is 3. The number of hydrogen-bond donors (Lipinski definition) is 0. The number of nitrogens with zero attached hydrogens (tertiary/aromatic N) is 2. The van der Waals surface area contributed by atoms with Crippen molar-refractivity contribution in [2.45, 2.75) is 31.3 Å². The Morgan fingerprint density at radius 2 is 1.43 bits per heavy atom. The molecule has 2 unspecified atom stereocenters. The number of aryl methyl sites for hydroxylation is 1. The van der Waals surface area contributed by atoms with Crippen LogP contribution >= 0.6 is 0 Å². The van der Waals surface area contributed by atoms with Gasteiger partial charge in [-0.05, 0) is 42.8 Å². The highest BCUT2D eigenvalue weighted by Crippen LogP contribution is 2.48. The van der Waals surface area contributed by atoms with Gasteiger partial charge in [-0.15, -0.1) is 0 Å². The Morgan fingerprint density at radius 1 is 0.857 bits per heavy atom. The van der Waals surface area contributed by atoms with Crippen LogP contribution in [0.4, 0.5) is 5.69 Å². The zero-order valence-electron chi connectivity index (χ0n) is 17.4. The second-order valence-corrected chi connectivity index (χ2v) is 7.86. The van der Waals surface area contributed by atoms with Crippen molar-refractivity contribution in [3.63, 3.8) is 0 Å². The first kappa shape index (κ1) is 16.0. The molecule has 1 fully saturated rings. The highest BCUT2D eigenvalue weighted by atomic mass is 15.4. The van der Waals surface area contributed by atoms with Crippen molar-refractivity contribution in [2.24, 2.45) is 0 Å². The van der Waals surface area contributed by atoms with Gasteiger partial charge in [-0.1, -0.05) is 84.9 Å². The van der Waals surface area contributed by atoms with Crippen LogP contribution in [0.3, 0.4) is 0 Å². The number of hydrogen-bond acceptors (Lipinski definition) is 2. The molecule has 0 aromatic heterocycles. The van der Waals surface area contributed by atoms with Crippen LogP contribution in [0.15, 0.2) is 97.2 Å². The molecule has 2 nitrogen and oxygen atoms in total. The van der Waals surface area contributed by atoms with E-state index in [-0.39, 0.29) is 17.5 Å². The summed E-state index contributed by atoms with van der Waals surface area (Å²) in [5, 5.41) is 0. The molecule has 2 heteroatoms. The standard InChI is InChI=1S/C26H26N2/c1-20-11-9-10-16-24(20)28-19-27-18-17-26(25(27)21(28)2,22-12-5-3-6-13-22)23-14-7-4-8-15-23/h3-18,21,25H,19H2,1-2H3/t21-,25?/m0/s1/i19D/t19?,21-,25?. The molecule has 0 aliphatic carbocycles. The Kier molecular flexibility index (Phi) is 3.75. The van der Waals surface area contributed by atoms with E-state index in [0.29, 0.717) is 0 Å². The third-order valence-electron chi connectivity index (χ3n) is 6.35. The normalized spacial score (nSPS) is 25.6. The minimum absolute atomic E-state index is 0.148. The van der Waals surface area contributed by atoms with E-state index in [0.717, 1.165) is 5.69 Å². The zero-order valence-corrected chi connectivity index (χ0v) is 16.4. The van der Waals surface area contributed by atoms with Gasteiger partial charge in [-0.2, -0.15) is 0 Å². The van der Waals surface area contributed by atoms with Gasteiger partial charge in [0.15, 0.2) is 0 Å². The summed E-state index contributed by atoms with van der Waals surface area (Å²) in [5.74, 6) is 0. The monoisotopic (exact) mass is 367 g/mol. The van der Waals surface area contributed by atoms with Gasteiger partial charge >= 0.3 is 0 Å².